The molecule has 5 nitrogen and oxygen atoms in total. The minimum Gasteiger partial charge on any atom is -0.343 e. The Morgan fingerprint density at radius 1 is 1.14 bits per heavy atom. The van der Waals surface area contributed by atoms with Crippen LogP contribution in [-0.4, -0.2) is 16.8 Å². The van der Waals surface area contributed by atoms with Crippen LogP contribution in [0.4, 0.5) is 14.5 Å². The van der Waals surface area contributed by atoms with Crippen molar-refractivity contribution < 1.29 is 18.4 Å². The van der Waals surface area contributed by atoms with Crippen LogP contribution in [0.2, 0.25) is 5.02 Å². The van der Waals surface area contributed by atoms with E-state index >= 15 is 0 Å². The lowest BCUT2D eigenvalue weighted by Crippen LogP contribution is -2.27. The van der Waals surface area contributed by atoms with E-state index in [1.165, 1.54) is 41.8 Å². The van der Waals surface area contributed by atoms with Gasteiger partial charge in [0, 0.05) is 28.4 Å². The summed E-state index contributed by atoms with van der Waals surface area (Å²) < 4.78 is 27.9. The highest BCUT2D eigenvalue weighted by Crippen LogP contribution is 2.36. The molecule has 0 spiro atoms. The van der Waals surface area contributed by atoms with Crippen LogP contribution in [-0.2, 0) is 6.42 Å². The predicted molar refractivity (Wildman–Crippen MR) is 106 cm³/mol. The molecule has 2 aromatic carbocycles. The van der Waals surface area contributed by atoms with E-state index in [2.05, 4.69) is 15.6 Å². The summed E-state index contributed by atoms with van der Waals surface area (Å²) in [5.74, 6) is -1.92. The number of aromatic nitrogens is 1. The lowest BCUT2D eigenvalue weighted by molar-refractivity contribution is 0.0935. The molecule has 2 amide bonds. The average molecular weight is 434 g/mol. The number of carbonyl (C=O) groups excluding carboxylic acids is 2. The number of amides is 2. The molecule has 1 heterocycles. The molecule has 0 aliphatic heterocycles. The number of anilines is 1. The van der Waals surface area contributed by atoms with Crippen molar-refractivity contribution >= 4 is 40.4 Å². The first-order valence-electron chi connectivity index (χ1n) is 8.72. The number of rotatable bonds is 4. The first-order chi connectivity index (χ1) is 13.9. The molecule has 1 aliphatic carbocycles. The highest BCUT2D eigenvalue weighted by atomic mass is 35.5. The quantitative estimate of drug-likeness (QED) is 0.624. The van der Waals surface area contributed by atoms with Gasteiger partial charge in [-0.05, 0) is 48.7 Å². The maximum Gasteiger partial charge on any atom is 0.280 e. The molecule has 29 heavy (non-hydrogen) atoms. The van der Waals surface area contributed by atoms with Gasteiger partial charge in [-0.3, -0.25) is 9.59 Å². The van der Waals surface area contributed by atoms with Crippen LogP contribution < -0.4 is 10.6 Å². The topological polar surface area (TPSA) is 71.1 Å². The van der Waals surface area contributed by atoms with Crippen molar-refractivity contribution in [2.45, 2.75) is 18.9 Å². The maximum absolute atomic E-state index is 14.5. The molecule has 0 fully saturated rings. The Morgan fingerprint density at radius 2 is 1.93 bits per heavy atom. The minimum absolute atomic E-state index is 0.114. The minimum atomic E-state index is -0.592. The number of halogens is 3. The first-order valence-corrected chi connectivity index (χ1v) is 9.98. The molecule has 0 saturated carbocycles. The van der Waals surface area contributed by atoms with Gasteiger partial charge in [0.2, 0.25) is 0 Å². The third-order valence-corrected chi connectivity index (χ3v) is 5.75. The van der Waals surface area contributed by atoms with Gasteiger partial charge in [-0.1, -0.05) is 11.6 Å². The Kier molecular flexibility index (Phi) is 5.29. The molecule has 0 radical (unpaired) electrons. The highest BCUT2D eigenvalue weighted by molar-refractivity contribution is 7.11. The second kappa shape index (κ2) is 7.88. The van der Waals surface area contributed by atoms with E-state index in [1.807, 2.05) is 0 Å². The SMILES string of the molecule is O=C(N[C@H]1CCc2c(C(=O)Nc3ccc(F)c(Cl)c3)ccc(F)c21)c1nccs1. The van der Waals surface area contributed by atoms with E-state index in [4.69, 9.17) is 11.6 Å². The summed E-state index contributed by atoms with van der Waals surface area (Å²) in [4.78, 5) is 29.0. The van der Waals surface area contributed by atoms with Gasteiger partial charge in [0.25, 0.3) is 11.8 Å². The number of nitrogens with one attached hydrogen (secondary N) is 2. The first kappa shape index (κ1) is 19.5. The van der Waals surface area contributed by atoms with Gasteiger partial charge in [-0.2, -0.15) is 0 Å². The summed E-state index contributed by atoms with van der Waals surface area (Å²) in [6.07, 6.45) is 2.42. The summed E-state index contributed by atoms with van der Waals surface area (Å²) in [6, 6.07) is 5.90. The second-order valence-electron chi connectivity index (χ2n) is 6.47. The fourth-order valence-electron chi connectivity index (χ4n) is 3.40. The largest absolute Gasteiger partial charge is 0.343 e. The standard InChI is InChI=1S/C20H14ClF2N3O2S/c21-13-9-10(1-4-14(13)22)25-18(27)12-2-5-15(23)17-11(12)3-6-16(17)26-19(28)20-24-7-8-29-20/h1-2,4-5,7-9,16H,3,6H2,(H,25,27)(H,26,28)/t16-/m0/s1. The van der Waals surface area contributed by atoms with Gasteiger partial charge in [-0.15, -0.1) is 11.3 Å². The summed E-state index contributed by atoms with van der Waals surface area (Å²) in [5, 5.41) is 7.29. The number of benzene rings is 2. The van der Waals surface area contributed by atoms with E-state index in [0.717, 1.165) is 6.07 Å². The highest BCUT2D eigenvalue weighted by Gasteiger charge is 2.31. The zero-order chi connectivity index (χ0) is 20.5. The molecule has 1 aliphatic rings. The molecule has 4 rings (SSSR count). The molecule has 1 aromatic heterocycles. The zero-order valence-corrected chi connectivity index (χ0v) is 16.4. The Morgan fingerprint density at radius 3 is 2.66 bits per heavy atom. The van der Waals surface area contributed by atoms with Crippen molar-refractivity contribution in [1.29, 1.82) is 0 Å². The fraction of sp³-hybridized carbons (Fsp3) is 0.150. The van der Waals surface area contributed by atoms with Gasteiger partial charge >= 0.3 is 0 Å². The number of thiazole rings is 1. The van der Waals surface area contributed by atoms with Crippen LogP contribution in [0.1, 0.15) is 43.7 Å². The molecule has 2 N–H and O–H groups in total. The van der Waals surface area contributed by atoms with Crippen LogP contribution in [0.15, 0.2) is 41.9 Å². The molecule has 0 bridgehead atoms. The number of carbonyl (C=O) groups is 2. The van der Waals surface area contributed by atoms with Crippen LogP contribution in [0.3, 0.4) is 0 Å². The molecular formula is C20H14ClF2N3O2S. The van der Waals surface area contributed by atoms with Crippen molar-refractivity contribution in [1.82, 2.24) is 10.3 Å². The normalized spacial score (nSPS) is 15.1. The molecular weight excluding hydrogens is 420 g/mol. The Balaban J connectivity index is 1.59. The van der Waals surface area contributed by atoms with Crippen molar-refractivity contribution in [3.05, 3.63) is 80.3 Å². The van der Waals surface area contributed by atoms with Gasteiger partial charge in [0.15, 0.2) is 5.01 Å². The number of hydrogen-bond acceptors (Lipinski definition) is 4. The molecule has 148 valence electrons. The van der Waals surface area contributed by atoms with E-state index in [9.17, 15) is 18.4 Å². The molecule has 1 atom stereocenters. The van der Waals surface area contributed by atoms with Crippen LogP contribution in [0.5, 0.6) is 0 Å². The fourth-order valence-corrected chi connectivity index (χ4v) is 4.12. The third-order valence-electron chi connectivity index (χ3n) is 4.69. The van der Waals surface area contributed by atoms with E-state index < -0.39 is 23.6 Å². The number of nitrogens with zero attached hydrogens (tertiary/aromatic N) is 1. The van der Waals surface area contributed by atoms with E-state index in [-0.39, 0.29) is 10.9 Å². The summed E-state index contributed by atoms with van der Waals surface area (Å²) >= 11 is 6.94. The second-order valence-corrected chi connectivity index (χ2v) is 7.77. The Hall–Kier alpha value is -2.84. The summed E-state index contributed by atoms with van der Waals surface area (Å²) in [6.45, 7) is 0. The van der Waals surface area contributed by atoms with Crippen molar-refractivity contribution in [2.24, 2.45) is 0 Å². The molecule has 0 unspecified atom stereocenters. The lowest BCUT2D eigenvalue weighted by atomic mass is 10.0. The summed E-state index contributed by atoms with van der Waals surface area (Å²) in [7, 11) is 0. The predicted octanol–water partition coefficient (Wildman–Crippen LogP) is 4.74. The Bertz CT molecular complexity index is 1110. The van der Waals surface area contributed by atoms with Crippen LogP contribution in [0, 0.1) is 11.6 Å². The molecule has 0 saturated heterocycles. The van der Waals surface area contributed by atoms with Crippen molar-refractivity contribution in [3.8, 4) is 0 Å². The van der Waals surface area contributed by atoms with Crippen LogP contribution >= 0.6 is 22.9 Å². The van der Waals surface area contributed by atoms with E-state index in [1.54, 1.807) is 5.38 Å². The van der Waals surface area contributed by atoms with Crippen molar-refractivity contribution in [2.75, 3.05) is 5.32 Å². The van der Waals surface area contributed by atoms with Crippen LogP contribution in [0.25, 0.3) is 0 Å². The molecule has 3 aromatic rings. The number of hydrogen-bond donors (Lipinski definition) is 2. The van der Waals surface area contributed by atoms with E-state index in [0.29, 0.717) is 40.2 Å². The average Bonchev–Trinajstić information content (AvgIpc) is 3.36. The Labute approximate surface area is 173 Å². The zero-order valence-electron chi connectivity index (χ0n) is 14.8. The molecule has 9 heteroatoms. The summed E-state index contributed by atoms with van der Waals surface area (Å²) in [5.41, 5.74) is 1.47. The van der Waals surface area contributed by atoms with Crippen molar-refractivity contribution in [3.63, 3.8) is 0 Å². The number of fused-ring (bicyclic) bond motifs is 1. The maximum atomic E-state index is 14.5. The smallest absolute Gasteiger partial charge is 0.280 e. The van der Waals surface area contributed by atoms with Gasteiger partial charge in [0.05, 0.1) is 11.1 Å². The van der Waals surface area contributed by atoms with Gasteiger partial charge in [0.1, 0.15) is 11.6 Å². The van der Waals surface area contributed by atoms with Gasteiger partial charge in [-0.25, -0.2) is 13.8 Å². The van der Waals surface area contributed by atoms with Gasteiger partial charge < -0.3 is 10.6 Å². The lowest BCUT2D eigenvalue weighted by Gasteiger charge is -2.15. The monoisotopic (exact) mass is 433 g/mol. The third kappa shape index (κ3) is 3.86.